The predicted molar refractivity (Wildman–Crippen MR) is 98.0 cm³/mol. The number of rotatable bonds is 4. The molecule has 1 fully saturated rings. The number of benzene rings is 2. The number of hydrogen-bond donors (Lipinski definition) is 1. The van der Waals surface area contributed by atoms with Crippen LogP contribution in [0.25, 0.3) is 0 Å². The molecule has 1 aliphatic heterocycles. The van der Waals surface area contributed by atoms with Gasteiger partial charge in [-0.1, -0.05) is 30.3 Å². The van der Waals surface area contributed by atoms with Crippen molar-refractivity contribution < 1.29 is 18.0 Å². The summed E-state index contributed by atoms with van der Waals surface area (Å²) in [5.41, 5.74) is 0.931. The maximum Gasteiger partial charge on any atom is 0.416 e. The van der Waals surface area contributed by atoms with Gasteiger partial charge in [0.2, 0.25) is 5.91 Å². The average molecular weight is 380 g/mol. The van der Waals surface area contributed by atoms with Gasteiger partial charge in [0.05, 0.1) is 10.8 Å². The maximum atomic E-state index is 12.6. The van der Waals surface area contributed by atoms with Crippen molar-refractivity contribution in [2.24, 2.45) is 0 Å². The Kier molecular flexibility index (Phi) is 5.88. The van der Waals surface area contributed by atoms with Crippen molar-refractivity contribution in [1.29, 1.82) is 0 Å². The van der Waals surface area contributed by atoms with E-state index in [4.69, 9.17) is 0 Å². The Balaban J connectivity index is 1.57. The number of thioether (sulfide) groups is 1. The number of nitrogens with zero attached hydrogens (tertiary/aromatic N) is 1. The molecule has 0 bridgehead atoms. The van der Waals surface area contributed by atoms with Crippen LogP contribution in [0.5, 0.6) is 0 Å². The molecule has 26 heavy (non-hydrogen) atoms. The van der Waals surface area contributed by atoms with Crippen LogP contribution in [0.1, 0.15) is 11.1 Å². The molecule has 3 nitrogen and oxygen atoms in total. The molecule has 2 aromatic carbocycles. The number of hydrogen-bond acceptors (Lipinski definition) is 3. The van der Waals surface area contributed by atoms with E-state index in [9.17, 15) is 18.0 Å². The molecular formula is C19H19F3N2OS. The molecule has 0 aliphatic carbocycles. The lowest BCUT2D eigenvalue weighted by atomic mass is 10.1. The molecule has 1 amide bonds. The molecular weight excluding hydrogens is 361 g/mol. The second-order valence-electron chi connectivity index (χ2n) is 6.14. The molecule has 0 radical (unpaired) electrons. The third kappa shape index (κ3) is 5.02. The first kappa shape index (κ1) is 18.8. The summed E-state index contributed by atoms with van der Waals surface area (Å²) in [7, 11) is 0. The fourth-order valence-electron chi connectivity index (χ4n) is 2.81. The largest absolute Gasteiger partial charge is 0.416 e. The van der Waals surface area contributed by atoms with Crippen molar-refractivity contribution >= 4 is 23.4 Å². The van der Waals surface area contributed by atoms with Gasteiger partial charge in [-0.25, -0.2) is 0 Å². The summed E-state index contributed by atoms with van der Waals surface area (Å²) in [5, 5.41) is 2.71. The number of anilines is 1. The topological polar surface area (TPSA) is 32.3 Å². The average Bonchev–Trinajstić information content (AvgIpc) is 2.62. The van der Waals surface area contributed by atoms with Crippen LogP contribution < -0.4 is 5.32 Å². The van der Waals surface area contributed by atoms with E-state index in [1.54, 1.807) is 11.8 Å². The predicted octanol–water partition coefficient (Wildman–Crippen LogP) is 4.26. The molecule has 0 saturated carbocycles. The zero-order valence-corrected chi connectivity index (χ0v) is 14.8. The normalized spacial score (nSPS) is 18.5. The minimum absolute atomic E-state index is 0.0432. The minimum Gasteiger partial charge on any atom is -0.325 e. The Labute approximate surface area is 154 Å². The zero-order chi connectivity index (χ0) is 18.6. The molecule has 1 N–H and O–H groups in total. The second-order valence-corrected chi connectivity index (χ2v) is 7.46. The number of carbonyl (C=O) groups is 1. The Morgan fingerprint density at radius 3 is 2.46 bits per heavy atom. The highest BCUT2D eigenvalue weighted by atomic mass is 32.2. The standard InChI is InChI=1S/C19H19F3N2OS/c20-19(21,22)15-8-6-14(7-9-15)12-24-10-11-26-17(13-24)18(25)23-16-4-2-1-3-5-16/h1-9,17H,10-13H2,(H,23,25). The van der Waals surface area contributed by atoms with Gasteiger partial charge in [-0.2, -0.15) is 13.2 Å². The second kappa shape index (κ2) is 8.14. The van der Waals surface area contributed by atoms with Crippen LogP contribution in [-0.4, -0.2) is 34.9 Å². The molecule has 2 aromatic rings. The van der Waals surface area contributed by atoms with Crippen LogP contribution in [-0.2, 0) is 17.5 Å². The SMILES string of the molecule is O=C(Nc1ccccc1)C1CN(Cc2ccc(C(F)(F)F)cc2)CCS1. The first-order valence-electron chi connectivity index (χ1n) is 8.28. The van der Waals surface area contributed by atoms with Gasteiger partial charge in [0, 0.05) is 31.1 Å². The Morgan fingerprint density at radius 2 is 1.81 bits per heavy atom. The summed E-state index contributed by atoms with van der Waals surface area (Å²) in [6.07, 6.45) is -4.32. The van der Waals surface area contributed by atoms with Crippen molar-refractivity contribution in [3.8, 4) is 0 Å². The van der Waals surface area contributed by atoms with Gasteiger partial charge in [0.25, 0.3) is 0 Å². The van der Waals surface area contributed by atoms with Crippen LogP contribution in [0.4, 0.5) is 18.9 Å². The maximum absolute atomic E-state index is 12.6. The van der Waals surface area contributed by atoms with Gasteiger partial charge in [-0.15, -0.1) is 11.8 Å². The van der Waals surface area contributed by atoms with Gasteiger partial charge in [-0.3, -0.25) is 9.69 Å². The van der Waals surface area contributed by atoms with E-state index in [1.807, 2.05) is 30.3 Å². The molecule has 1 atom stereocenters. The van der Waals surface area contributed by atoms with Gasteiger partial charge in [-0.05, 0) is 29.8 Å². The zero-order valence-electron chi connectivity index (χ0n) is 14.0. The van der Waals surface area contributed by atoms with E-state index in [1.165, 1.54) is 12.1 Å². The lowest BCUT2D eigenvalue weighted by Crippen LogP contribution is -2.42. The van der Waals surface area contributed by atoms with Crippen molar-refractivity contribution in [2.75, 3.05) is 24.2 Å². The number of alkyl halides is 3. The van der Waals surface area contributed by atoms with E-state index < -0.39 is 11.7 Å². The molecule has 1 heterocycles. The molecule has 0 spiro atoms. The van der Waals surface area contributed by atoms with Crippen molar-refractivity contribution in [3.63, 3.8) is 0 Å². The number of nitrogens with one attached hydrogen (secondary N) is 1. The monoisotopic (exact) mass is 380 g/mol. The Hall–Kier alpha value is -1.99. The highest BCUT2D eigenvalue weighted by Gasteiger charge is 2.30. The number of amides is 1. The molecule has 1 aliphatic rings. The fraction of sp³-hybridized carbons (Fsp3) is 0.316. The highest BCUT2D eigenvalue weighted by molar-refractivity contribution is 8.00. The van der Waals surface area contributed by atoms with Crippen LogP contribution in [0, 0.1) is 0 Å². The molecule has 3 rings (SSSR count). The van der Waals surface area contributed by atoms with Crippen molar-refractivity contribution in [1.82, 2.24) is 4.90 Å². The summed E-state index contributed by atoms with van der Waals surface area (Å²) >= 11 is 1.61. The first-order valence-corrected chi connectivity index (χ1v) is 9.33. The third-order valence-electron chi connectivity index (χ3n) is 4.17. The minimum atomic E-state index is -4.32. The van der Waals surface area contributed by atoms with Crippen LogP contribution >= 0.6 is 11.8 Å². The molecule has 1 unspecified atom stereocenters. The Bertz CT molecular complexity index is 735. The summed E-state index contributed by atoms with van der Waals surface area (Å²) in [4.78, 5) is 14.5. The fourth-order valence-corrected chi connectivity index (χ4v) is 3.98. The smallest absolute Gasteiger partial charge is 0.325 e. The number of carbonyl (C=O) groups excluding carboxylic acids is 1. The lowest BCUT2D eigenvalue weighted by Gasteiger charge is -2.31. The summed E-state index contributed by atoms with van der Waals surface area (Å²) in [5.74, 6) is 0.770. The van der Waals surface area contributed by atoms with E-state index in [0.717, 1.165) is 35.7 Å². The van der Waals surface area contributed by atoms with E-state index in [0.29, 0.717) is 13.1 Å². The summed E-state index contributed by atoms with van der Waals surface area (Å²) in [6.45, 7) is 1.92. The van der Waals surface area contributed by atoms with E-state index >= 15 is 0 Å². The quantitative estimate of drug-likeness (QED) is 0.860. The first-order chi connectivity index (χ1) is 12.4. The molecule has 138 valence electrons. The number of halogens is 3. The lowest BCUT2D eigenvalue weighted by molar-refractivity contribution is -0.137. The van der Waals surface area contributed by atoms with Crippen molar-refractivity contribution in [3.05, 3.63) is 65.7 Å². The van der Waals surface area contributed by atoms with Gasteiger partial charge in [0.15, 0.2) is 0 Å². The Morgan fingerprint density at radius 1 is 1.12 bits per heavy atom. The van der Waals surface area contributed by atoms with E-state index in [2.05, 4.69) is 10.2 Å². The van der Waals surface area contributed by atoms with Crippen LogP contribution in [0.3, 0.4) is 0 Å². The van der Waals surface area contributed by atoms with Gasteiger partial charge >= 0.3 is 6.18 Å². The highest BCUT2D eigenvalue weighted by Crippen LogP contribution is 2.29. The van der Waals surface area contributed by atoms with Crippen molar-refractivity contribution in [2.45, 2.75) is 18.0 Å². The third-order valence-corrected chi connectivity index (χ3v) is 5.36. The summed E-state index contributed by atoms with van der Waals surface area (Å²) < 4.78 is 37.9. The van der Waals surface area contributed by atoms with Gasteiger partial charge in [0.1, 0.15) is 0 Å². The van der Waals surface area contributed by atoms with Crippen LogP contribution in [0.15, 0.2) is 54.6 Å². The molecule has 0 aromatic heterocycles. The molecule has 1 saturated heterocycles. The number of para-hydroxylation sites is 1. The summed E-state index contributed by atoms with van der Waals surface area (Å²) in [6, 6.07) is 14.5. The van der Waals surface area contributed by atoms with E-state index in [-0.39, 0.29) is 11.2 Å². The van der Waals surface area contributed by atoms with Gasteiger partial charge < -0.3 is 5.32 Å². The molecule has 7 heteroatoms. The van der Waals surface area contributed by atoms with Crippen LogP contribution in [0.2, 0.25) is 0 Å².